The Morgan fingerprint density at radius 1 is 1.44 bits per heavy atom. The molecule has 1 heterocycles. The van der Waals surface area contributed by atoms with Crippen molar-refractivity contribution in [3.63, 3.8) is 0 Å². The van der Waals surface area contributed by atoms with Crippen molar-refractivity contribution < 1.29 is 18.6 Å². The smallest absolute Gasteiger partial charge is 0.265 e. The molecule has 0 aliphatic heterocycles. The Bertz CT molecular complexity index is 389. The lowest BCUT2D eigenvalue weighted by Crippen LogP contribution is -2.27. The number of nitrogen functional groups attached to an aromatic ring is 1. The Balaban J connectivity index is 2.67. The van der Waals surface area contributed by atoms with E-state index in [2.05, 4.69) is 10.3 Å². The van der Waals surface area contributed by atoms with Gasteiger partial charge in [-0.25, -0.2) is 8.78 Å². The number of anilines is 2. The lowest BCUT2D eigenvalue weighted by Gasteiger charge is -2.14. The minimum absolute atomic E-state index is 0.0956. The number of nitrogens with one attached hydrogen (secondary N) is 1. The fourth-order valence-corrected chi connectivity index (χ4v) is 1.17. The first-order valence-corrected chi connectivity index (χ1v) is 5.53. The number of halogens is 2. The van der Waals surface area contributed by atoms with Crippen molar-refractivity contribution in [2.24, 2.45) is 0 Å². The molecule has 102 valence electrons. The van der Waals surface area contributed by atoms with E-state index in [0.29, 0.717) is 11.5 Å². The predicted octanol–water partition coefficient (Wildman–Crippen LogP) is 1.49. The highest BCUT2D eigenvalue weighted by molar-refractivity contribution is 5.53. The van der Waals surface area contributed by atoms with Gasteiger partial charge in [-0.3, -0.25) is 0 Å². The number of aliphatic hydroxyl groups is 1. The number of hydrogen-bond donors (Lipinski definition) is 3. The van der Waals surface area contributed by atoms with E-state index < -0.39 is 12.5 Å². The van der Waals surface area contributed by atoms with E-state index in [-0.39, 0.29) is 18.5 Å². The topological polar surface area (TPSA) is 80.4 Å². The van der Waals surface area contributed by atoms with Crippen molar-refractivity contribution in [2.45, 2.75) is 32.5 Å². The maximum Gasteiger partial charge on any atom is 0.265 e. The Labute approximate surface area is 104 Å². The minimum atomic E-state index is -2.79. The maximum atomic E-state index is 12.1. The molecule has 4 N–H and O–H groups in total. The number of aliphatic hydroxyl groups excluding tert-OH is 1. The van der Waals surface area contributed by atoms with Crippen LogP contribution in [0.2, 0.25) is 0 Å². The minimum Gasteiger partial charge on any atom is -0.473 e. The van der Waals surface area contributed by atoms with Crippen LogP contribution in [0, 0.1) is 0 Å². The average molecular weight is 261 g/mol. The van der Waals surface area contributed by atoms with Gasteiger partial charge in [-0.15, -0.1) is 0 Å². The van der Waals surface area contributed by atoms with Gasteiger partial charge in [0.1, 0.15) is 11.9 Å². The highest BCUT2D eigenvalue weighted by Gasteiger charge is 2.16. The molecule has 0 fully saturated rings. The second kappa shape index (κ2) is 6.34. The van der Waals surface area contributed by atoms with Crippen molar-refractivity contribution in [3.8, 4) is 5.88 Å². The molecule has 1 aromatic rings. The summed E-state index contributed by atoms with van der Waals surface area (Å²) in [6, 6.07) is 3.09. The largest absolute Gasteiger partial charge is 0.473 e. The van der Waals surface area contributed by atoms with E-state index in [4.69, 9.17) is 15.6 Å². The van der Waals surface area contributed by atoms with Crippen molar-refractivity contribution in [1.29, 1.82) is 0 Å². The first kappa shape index (κ1) is 14.4. The molecule has 0 spiro atoms. The van der Waals surface area contributed by atoms with Gasteiger partial charge in [0, 0.05) is 6.54 Å². The van der Waals surface area contributed by atoms with Gasteiger partial charge in [0.25, 0.3) is 6.43 Å². The summed E-state index contributed by atoms with van der Waals surface area (Å²) in [7, 11) is 0. The normalized spacial score (nSPS) is 12.8. The van der Waals surface area contributed by atoms with E-state index in [0.717, 1.165) is 0 Å². The van der Waals surface area contributed by atoms with Gasteiger partial charge in [-0.2, -0.15) is 4.98 Å². The molecule has 18 heavy (non-hydrogen) atoms. The number of ether oxygens (including phenoxy) is 1. The van der Waals surface area contributed by atoms with Gasteiger partial charge >= 0.3 is 0 Å². The molecule has 0 aliphatic carbocycles. The molecule has 0 saturated carbocycles. The van der Waals surface area contributed by atoms with Crippen LogP contribution in [0.5, 0.6) is 5.88 Å². The summed E-state index contributed by atoms with van der Waals surface area (Å²) >= 11 is 0. The maximum absolute atomic E-state index is 12.1. The van der Waals surface area contributed by atoms with Crippen LogP contribution in [-0.4, -0.2) is 35.3 Å². The second-order valence-electron chi connectivity index (χ2n) is 4.04. The molecule has 0 bridgehead atoms. The van der Waals surface area contributed by atoms with E-state index in [1.807, 2.05) is 13.8 Å². The van der Waals surface area contributed by atoms with Crippen LogP contribution in [0.15, 0.2) is 12.1 Å². The molecular formula is C11H17F2N3O2. The van der Waals surface area contributed by atoms with Crippen molar-refractivity contribution in [3.05, 3.63) is 12.1 Å². The monoisotopic (exact) mass is 261 g/mol. The molecule has 1 rings (SSSR count). The molecule has 7 heteroatoms. The molecule has 0 aromatic carbocycles. The quantitative estimate of drug-likeness (QED) is 0.723. The summed E-state index contributed by atoms with van der Waals surface area (Å²) < 4.78 is 29.5. The van der Waals surface area contributed by atoms with Crippen LogP contribution in [0.1, 0.15) is 13.8 Å². The van der Waals surface area contributed by atoms with E-state index in [1.54, 1.807) is 6.07 Å². The van der Waals surface area contributed by atoms with Crippen LogP contribution < -0.4 is 15.8 Å². The van der Waals surface area contributed by atoms with Crippen LogP contribution in [0.3, 0.4) is 0 Å². The van der Waals surface area contributed by atoms with Gasteiger partial charge in [0.2, 0.25) is 5.88 Å². The molecule has 0 radical (unpaired) electrons. The summed E-state index contributed by atoms with van der Waals surface area (Å²) in [6.45, 7) is 3.35. The Morgan fingerprint density at radius 2 is 2.11 bits per heavy atom. The molecule has 1 unspecified atom stereocenters. The molecule has 0 aliphatic rings. The molecule has 0 amide bonds. The molecular weight excluding hydrogens is 244 g/mol. The number of nitrogens with zero attached hydrogens (tertiary/aromatic N) is 1. The fourth-order valence-electron chi connectivity index (χ4n) is 1.17. The number of hydrogen-bond acceptors (Lipinski definition) is 5. The van der Waals surface area contributed by atoms with Crippen molar-refractivity contribution in [2.75, 3.05) is 17.6 Å². The van der Waals surface area contributed by atoms with Gasteiger partial charge in [-0.1, -0.05) is 0 Å². The van der Waals surface area contributed by atoms with Crippen molar-refractivity contribution in [1.82, 2.24) is 4.98 Å². The Morgan fingerprint density at radius 3 is 2.67 bits per heavy atom. The van der Waals surface area contributed by atoms with Crippen molar-refractivity contribution >= 4 is 11.5 Å². The third-order valence-electron chi connectivity index (χ3n) is 2.02. The first-order valence-electron chi connectivity index (χ1n) is 5.53. The predicted molar refractivity (Wildman–Crippen MR) is 64.9 cm³/mol. The van der Waals surface area contributed by atoms with E-state index >= 15 is 0 Å². The molecule has 5 nitrogen and oxygen atoms in total. The summed E-state index contributed by atoms with van der Waals surface area (Å²) in [4.78, 5) is 4.03. The fraction of sp³-hybridized carbons (Fsp3) is 0.545. The second-order valence-corrected chi connectivity index (χ2v) is 4.04. The summed E-state index contributed by atoms with van der Waals surface area (Å²) in [6.07, 6.45) is -4.63. The van der Waals surface area contributed by atoms with Crippen LogP contribution in [0.25, 0.3) is 0 Å². The lowest BCUT2D eigenvalue weighted by molar-refractivity contribution is 0.00380. The standard InChI is InChI=1S/C11H17F2N3O2/c1-6(2)18-11-7(14)3-4-9(16-11)15-5-8(17)10(12)13/h3-4,6,8,10,17H,5,14H2,1-2H3,(H,15,16). The average Bonchev–Trinajstić information content (AvgIpc) is 2.28. The number of rotatable bonds is 6. The van der Waals surface area contributed by atoms with E-state index in [1.165, 1.54) is 6.07 Å². The Kier molecular flexibility index (Phi) is 5.08. The zero-order valence-electron chi connectivity index (χ0n) is 10.2. The van der Waals surface area contributed by atoms with E-state index in [9.17, 15) is 8.78 Å². The summed E-state index contributed by atoms with van der Waals surface area (Å²) in [5.74, 6) is 0.557. The van der Waals surface area contributed by atoms with Gasteiger partial charge in [0.15, 0.2) is 0 Å². The summed E-state index contributed by atoms with van der Waals surface area (Å²) in [5.41, 5.74) is 6.02. The van der Waals surface area contributed by atoms with Gasteiger partial charge in [-0.05, 0) is 26.0 Å². The van der Waals surface area contributed by atoms with Crippen LogP contribution in [0.4, 0.5) is 20.3 Å². The first-order chi connectivity index (χ1) is 8.40. The highest BCUT2D eigenvalue weighted by atomic mass is 19.3. The summed E-state index contributed by atoms with van der Waals surface area (Å²) in [5, 5.41) is 11.6. The third kappa shape index (κ3) is 4.33. The molecule has 1 aromatic heterocycles. The Hall–Kier alpha value is -1.63. The molecule has 0 saturated heterocycles. The zero-order valence-corrected chi connectivity index (χ0v) is 10.2. The number of alkyl halides is 2. The zero-order chi connectivity index (χ0) is 13.7. The third-order valence-corrected chi connectivity index (χ3v) is 2.02. The highest BCUT2D eigenvalue weighted by Crippen LogP contribution is 2.22. The van der Waals surface area contributed by atoms with Crippen LogP contribution in [-0.2, 0) is 0 Å². The number of aromatic nitrogens is 1. The number of nitrogens with two attached hydrogens (primary N) is 1. The SMILES string of the molecule is CC(C)Oc1nc(NCC(O)C(F)F)ccc1N. The van der Waals surface area contributed by atoms with Crippen LogP contribution >= 0.6 is 0 Å². The molecule has 1 atom stereocenters. The van der Waals surface area contributed by atoms with Gasteiger partial charge < -0.3 is 20.9 Å². The van der Waals surface area contributed by atoms with Gasteiger partial charge in [0.05, 0.1) is 11.8 Å². The lowest BCUT2D eigenvalue weighted by atomic mass is 10.3. The number of pyridine rings is 1.